The van der Waals surface area contributed by atoms with Crippen molar-refractivity contribution in [1.82, 2.24) is 5.32 Å². The average Bonchev–Trinajstić information content (AvgIpc) is 3.32. The molecule has 0 saturated heterocycles. The molecule has 4 rings (SSSR count). The van der Waals surface area contributed by atoms with E-state index in [9.17, 15) is 13.6 Å². The number of benzene rings is 2. The van der Waals surface area contributed by atoms with Crippen LogP contribution in [0.1, 0.15) is 23.2 Å². The van der Waals surface area contributed by atoms with Crippen molar-refractivity contribution in [1.29, 1.82) is 0 Å². The number of amides is 1. The highest BCUT2D eigenvalue weighted by Gasteiger charge is 2.23. The molecular weight excluding hydrogens is 312 g/mol. The summed E-state index contributed by atoms with van der Waals surface area (Å²) in [4.78, 5) is 12.4. The number of hydrogen-bond donors (Lipinski definition) is 1. The standard InChI is InChI=1S/C19H15F2NO2/c20-16-7-6-12(8-17(16)21)15-10-24-18-13(15)2-1-3-14(18)19(23)22-9-11-4-5-11/h1-3,6-8,10-11H,4-5,9H2,(H,22,23). The van der Waals surface area contributed by atoms with E-state index in [1.54, 1.807) is 18.2 Å². The van der Waals surface area contributed by atoms with Crippen LogP contribution < -0.4 is 5.32 Å². The van der Waals surface area contributed by atoms with Gasteiger partial charge >= 0.3 is 0 Å². The maximum Gasteiger partial charge on any atom is 0.255 e. The first-order valence-electron chi connectivity index (χ1n) is 7.87. The Morgan fingerprint density at radius 2 is 2.00 bits per heavy atom. The van der Waals surface area contributed by atoms with Crippen LogP contribution in [0.2, 0.25) is 0 Å². The molecule has 1 aliphatic rings. The third-order valence-electron chi connectivity index (χ3n) is 4.32. The van der Waals surface area contributed by atoms with Gasteiger partial charge in [0.15, 0.2) is 11.6 Å². The number of rotatable bonds is 4. The van der Waals surface area contributed by atoms with Gasteiger partial charge < -0.3 is 9.73 Å². The Morgan fingerprint density at radius 3 is 2.75 bits per heavy atom. The van der Waals surface area contributed by atoms with Crippen LogP contribution in [0.3, 0.4) is 0 Å². The Bertz CT molecular complexity index is 928. The summed E-state index contributed by atoms with van der Waals surface area (Å²) in [6, 6.07) is 8.95. The van der Waals surface area contributed by atoms with Crippen LogP contribution in [0.25, 0.3) is 22.1 Å². The normalized spacial score (nSPS) is 14.1. The summed E-state index contributed by atoms with van der Waals surface area (Å²) in [6.45, 7) is 0.673. The number of nitrogens with one attached hydrogen (secondary N) is 1. The van der Waals surface area contributed by atoms with E-state index in [0.717, 1.165) is 25.0 Å². The molecule has 5 heteroatoms. The predicted molar refractivity (Wildman–Crippen MR) is 86.6 cm³/mol. The Balaban J connectivity index is 1.72. The van der Waals surface area contributed by atoms with Crippen molar-refractivity contribution in [3.63, 3.8) is 0 Å². The van der Waals surface area contributed by atoms with E-state index in [-0.39, 0.29) is 5.91 Å². The molecule has 24 heavy (non-hydrogen) atoms. The van der Waals surface area contributed by atoms with Gasteiger partial charge in [0.1, 0.15) is 5.58 Å². The van der Waals surface area contributed by atoms with Crippen LogP contribution in [0.15, 0.2) is 47.1 Å². The molecule has 1 amide bonds. The number of carbonyl (C=O) groups excluding carboxylic acids is 1. The number of halogens is 2. The molecule has 1 aliphatic carbocycles. The summed E-state index contributed by atoms with van der Waals surface area (Å²) in [5, 5.41) is 3.60. The van der Waals surface area contributed by atoms with Gasteiger partial charge in [-0.2, -0.15) is 0 Å². The van der Waals surface area contributed by atoms with Crippen molar-refractivity contribution in [2.45, 2.75) is 12.8 Å². The summed E-state index contributed by atoms with van der Waals surface area (Å²) in [6.07, 6.45) is 3.78. The molecular formula is C19H15F2NO2. The van der Waals surface area contributed by atoms with E-state index >= 15 is 0 Å². The van der Waals surface area contributed by atoms with Crippen molar-refractivity contribution >= 4 is 16.9 Å². The van der Waals surface area contributed by atoms with E-state index in [1.807, 2.05) is 0 Å². The molecule has 122 valence electrons. The van der Waals surface area contributed by atoms with Gasteiger partial charge in [0.05, 0.1) is 11.8 Å². The lowest BCUT2D eigenvalue weighted by atomic mass is 10.0. The van der Waals surface area contributed by atoms with Gasteiger partial charge in [0.25, 0.3) is 5.91 Å². The SMILES string of the molecule is O=C(NCC1CC1)c1cccc2c(-c3ccc(F)c(F)c3)coc12. The van der Waals surface area contributed by atoms with Crippen LogP contribution in [0.4, 0.5) is 8.78 Å². The van der Waals surface area contributed by atoms with Crippen molar-refractivity contribution in [3.05, 3.63) is 59.9 Å². The van der Waals surface area contributed by atoms with Crippen molar-refractivity contribution < 1.29 is 18.0 Å². The van der Waals surface area contributed by atoms with Crippen LogP contribution >= 0.6 is 0 Å². The lowest BCUT2D eigenvalue weighted by Gasteiger charge is -2.05. The second-order valence-electron chi connectivity index (χ2n) is 6.11. The summed E-state index contributed by atoms with van der Waals surface area (Å²) in [5.74, 6) is -1.41. The van der Waals surface area contributed by atoms with E-state index < -0.39 is 11.6 Å². The maximum absolute atomic E-state index is 13.5. The van der Waals surface area contributed by atoms with Gasteiger partial charge in [-0.05, 0) is 42.5 Å². The third kappa shape index (κ3) is 2.66. The molecule has 0 aliphatic heterocycles. The second kappa shape index (κ2) is 5.74. The Morgan fingerprint density at radius 1 is 1.17 bits per heavy atom. The molecule has 1 aromatic heterocycles. The van der Waals surface area contributed by atoms with Gasteiger partial charge in [-0.3, -0.25) is 4.79 Å². The topological polar surface area (TPSA) is 42.2 Å². The molecule has 3 aromatic rings. The Hall–Kier alpha value is -2.69. The zero-order valence-electron chi connectivity index (χ0n) is 12.8. The first kappa shape index (κ1) is 14.9. The summed E-state index contributed by atoms with van der Waals surface area (Å²) >= 11 is 0. The zero-order chi connectivity index (χ0) is 16.7. The molecule has 0 bridgehead atoms. The third-order valence-corrected chi connectivity index (χ3v) is 4.32. The van der Waals surface area contributed by atoms with Crippen LogP contribution in [-0.4, -0.2) is 12.5 Å². The van der Waals surface area contributed by atoms with Crippen LogP contribution in [0, 0.1) is 17.6 Å². The Labute approximate surface area is 137 Å². The van der Waals surface area contributed by atoms with E-state index in [2.05, 4.69) is 5.32 Å². The fraction of sp³-hybridized carbons (Fsp3) is 0.211. The van der Waals surface area contributed by atoms with Crippen molar-refractivity contribution in [3.8, 4) is 11.1 Å². The fourth-order valence-corrected chi connectivity index (χ4v) is 2.78. The molecule has 0 unspecified atom stereocenters. The summed E-state index contributed by atoms with van der Waals surface area (Å²) in [7, 11) is 0. The summed E-state index contributed by atoms with van der Waals surface area (Å²) < 4.78 is 32.2. The van der Waals surface area contributed by atoms with Gasteiger partial charge in [0.2, 0.25) is 0 Å². The number of hydrogen-bond acceptors (Lipinski definition) is 2. The molecule has 0 spiro atoms. The van der Waals surface area contributed by atoms with Crippen LogP contribution in [-0.2, 0) is 0 Å². The number of fused-ring (bicyclic) bond motifs is 1. The highest BCUT2D eigenvalue weighted by Crippen LogP contribution is 2.33. The van der Waals surface area contributed by atoms with Gasteiger partial charge in [-0.25, -0.2) is 8.78 Å². The molecule has 0 atom stereocenters. The minimum atomic E-state index is -0.916. The zero-order valence-corrected chi connectivity index (χ0v) is 12.8. The highest BCUT2D eigenvalue weighted by molar-refractivity contribution is 6.08. The smallest absolute Gasteiger partial charge is 0.255 e. The fourth-order valence-electron chi connectivity index (χ4n) is 2.78. The lowest BCUT2D eigenvalue weighted by Crippen LogP contribution is -2.25. The first-order chi connectivity index (χ1) is 11.6. The first-order valence-corrected chi connectivity index (χ1v) is 7.87. The molecule has 1 saturated carbocycles. The number of para-hydroxylation sites is 1. The Kier molecular flexibility index (Phi) is 3.56. The van der Waals surface area contributed by atoms with E-state index in [0.29, 0.717) is 40.1 Å². The predicted octanol–water partition coefficient (Wildman–Crippen LogP) is 4.52. The molecule has 3 nitrogen and oxygen atoms in total. The van der Waals surface area contributed by atoms with Crippen LogP contribution in [0.5, 0.6) is 0 Å². The lowest BCUT2D eigenvalue weighted by molar-refractivity contribution is 0.0952. The minimum absolute atomic E-state index is 0.182. The van der Waals surface area contributed by atoms with Gasteiger partial charge in [-0.1, -0.05) is 18.2 Å². The quantitative estimate of drug-likeness (QED) is 0.765. The second-order valence-corrected chi connectivity index (χ2v) is 6.11. The largest absolute Gasteiger partial charge is 0.463 e. The van der Waals surface area contributed by atoms with Crippen molar-refractivity contribution in [2.75, 3.05) is 6.54 Å². The molecule has 2 aromatic carbocycles. The molecule has 1 heterocycles. The number of carbonyl (C=O) groups is 1. The summed E-state index contributed by atoms with van der Waals surface area (Å²) in [5.41, 5.74) is 2.02. The molecule has 1 N–H and O–H groups in total. The highest BCUT2D eigenvalue weighted by atomic mass is 19.2. The average molecular weight is 327 g/mol. The number of furan rings is 1. The monoisotopic (exact) mass is 327 g/mol. The van der Waals surface area contributed by atoms with Gasteiger partial charge in [0, 0.05) is 17.5 Å². The van der Waals surface area contributed by atoms with E-state index in [4.69, 9.17) is 4.42 Å². The molecule has 0 radical (unpaired) electrons. The van der Waals surface area contributed by atoms with Gasteiger partial charge in [-0.15, -0.1) is 0 Å². The van der Waals surface area contributed by atoms with Crippen molar-refractivity contribution in [2.24, 2.45) is 5.92 Å². The van der Waals surface area contributed by atoms with E-state index in [1.165, 1.54) is 12.3 Å². The molecule has 1 fully saturated rings. The maximum atomic E-state index is 13.5. The minimum Gasteiger partial charge on any atom is -0.463 e.